The summed E-state index contributed by atoms with van der Waals surface area (Å²) >= 11 is 13.5. The predicted octanol–water partition coefficient (Wildman–Crippen LogP) is 6.62. The molecule has 1 N–H and O–H groups in total. The Balaban J connectivity index is 1.69. The number of benzene rings is 2. The summed E-state index contributed by atoms with van der Waals surface area (Å²) in [5.41, 5.74) is 1.76. The largest absolute Gasteiger partial charge is 0.352 e. The highest BCUT2D eigenvalue weighted by molar-refractivity contribution is 7.99. The van der Waals surface area contributed by atoms with Crippen LogP contribution in [0.4, 0.5) is 4.39 Å². The Labute approximate surface area is 215 Å². The molecule has 2 amide bonds. The van der Waals surface area contributed by atoms with Gasteiger partial charge in [-0.2, -0.15) is 0 Å². The van der Waals surface area contributed by atoms with E-state index in [0.717, 1.165) is 36.8 Å². The lowest BCUT2D eigenvalue weighted by Gasteiger charge is -2.32. The zero-order valence-electron chi connectivity index (χ0n) is 19.4. The number of carbonyl (C=O) groups excluding carboxylic acids is 2. The minimum Gasteiger partial charge on any atom is -0.352 e. The van der Waals surface area contributed by atoms with Crippen LogP contribution in [0, 0.1) is 5.82 Å². The normalized spacial score (nSPS) is 15.1. The lowest BCUT2D eigenvalue weighted by atomic mass is 9.95. The van der Waals surface area contributed by atoms with Crippen LogP contribution in [0.3, 0.4) is 0 Å². The molecule has 1 saturated carbocycles. The van der Waals surface area contributed by atoms with Crippen LogP contribution in [0.15, 0.2) is 42.5 Å². The highest BCUT2D eigenvalue weighted by atomic mass is 35.5. The summed E-state index contributed by atoms with van der Waals surface area (Å²) < 4.78 is 13.4. The Hall–Kier alpha value is -1.76. The van der Waals surface area contributed by atoms with Gasteiger partial charge in [0.2, 0.25) is 11.8 Å². The molecular formula is C26H31Cl2FN2O2S. The zero-order chi connectivity index (χ0) is 24.5. The Morgan fingerprint density at radius 3 is 2.38 bits per heavy atom. The first-order valence-electron chi connectivity index (χ1n) is 11.7. The summed E-state index contributed by atoms with van der Waals surface area (Å²) in [6.45, 7) is 2.17. The molecule has 0 aromatic heterocycles. The standard InChI is InChI=1S/C26H31Cl2FN2O2S/c1-2-24(26(33)30-21-6-4-3-5-7-21)31(15-18-8-11-20(29)12-9-18)25(32)17-34-16-19-10-13-22(27)23(28)14-19/h8-14,21,24H,2-7,15-17H2,1H3,(H,30,33). The van der Waals surface area contributed by atoms with Gasteiger partial charge in [-0.25, -0.2) is 4.39 Å². The van der Waals surface area contributed by atoms with Crippen molar-refractivity contribution < 1.29 is 14.0 Å². The van der Waals surface area contributed by atoms with Crippen LogP contribution >= 0.6 is 35.0 Å². The molecular weight excluding hydrogens is 494 g/mol. The van der Waals surface area contributed by atoms with Gasteiger partial charge in [-0.3, -0.25) is 9.59 Å². The van der Waals surface area contributed by atoms with Gasteiger partial charge in [0.15, 0.2) is 0 Å². The van der Waals surface area contributed by atoms with Gasteiger partial charge in [0.25, 0.3) is 0 Å². The number of nitrogens with zero attached hydrogens (tertiary/aromatic N) is 1. The summed E-state index contributed by atoms with van der Waals surface area (Å²) in [6, 6.07) is 11.1. The lowest BCUT2D eigenvalue weighted by Crippen LogP contribution is -2.52. The van der Waals surface area contributed by atoms with Gasteiger partial charge in [-0.15, -0.1) is 11.8 Å². The molecule has 0 aliphatic heterocycles. The first-order valence-corrected chi connectivity index (χ1v) is 13.6. The number of rotatable bonds is 10. The van der Waals surface area contributed by atoms with Gasteiger partial charge >= 0.3 is 0 Å². The fraction of sp³-hybridized carbons (Fsp3) is 0.462. The van der Waals surface area contributed by atoms with Crippen LogP contribution in [0.5, 0.6) is 0 Å². The van der Waals surface area contributed by atoms with E-state index in [0.29, 0.717) is 22.2 Å². The Morgan fingerprint density at radius 1 is 1.06 bits per heavy atom. The summed E-state index contributed by atoms with van der Waals surface area (Å²) in [6.07, 6.45) is 5.90. The maximum Gasteiger partial charge on any atom is 0.243 e. The number of nitrogens with one attached hydrogen (secondary N) is 1. The van der Waals surface area contributed by atoms with E-state index in [1.165, 1.54) is 30.3 Å². The van der Waals surface area contributed by atoms with Gasteiger partial charge in [0.05, 0.1) is 15.8 Å². The van der Waals surface area contributed by atoms with Crippen molar-refractivity contribution in [3.8, 4) is 0 Å². The quantitative estimate of drug-likeness (QED) is 0.379. The molecule has 1 unspecified atom stereocenters. The fourth-order valence-corrected chi connectivity index (χ4v) is 5.40. The molecule has 0 spiro atoms. The lowest BCUT2D eigenvalue weighted by molar-refractivity contribution is -0.139. The summed E-state index contributed by atoms with van der Waals surface area (Å²) in [5, 5.41) is 4.14. The Morgan fingerprint density at radius 2 is 1.74 bits per heavy atom. The molecule has 1 fully saturated rings. The van der Waals surface area contributed by atoms with Crippen molar-refractivity contribution in [2.24, 2.45) is 0 Å². The van der Waals surface area contributed by atoms with Crippen molar-refractivity contribution >= 4 is 46.8 Å². The molecule has 8 heteroatoms. The third-order valence-corrected chi connectivity index (χ3v) is 7.81. The molecule has 184 valence electrons. The van der Waals surface area contributed by atoms with E-state index in [2.05, 4.69) is 5.32 Å². The van der Waals surface area contributed by atoms with Crippen LogP contribution in [0.1, 0.15) is 56.6 Å². The van der Waals surface area contributed by atoms with E-state index in [9.17, 15) is 14.0 Å². The molecule has 2 aromatic rings. The van der Waals surface area contributed by atoms with Gasteiger partial charge in [0, 0.05) is 18.3 Å². The molecule has 0 radical (unpaired) electrons. The average Bonchev–Trinajstić information content (AvgIpc) is 2.83. The van der Waals surface area contributed by atoms with Gasteiger partial charge in [-0.05, 0) is 54.7 Å². The first kappa shape index (κ1) is 26.8. The number of carbonyl (C=O) groups is 2. The van der Waals surface area contributed by atoms with Crippen LogP contribution < -0.4 is 5.32 Å². The number of halogens is 3. The summed E-state index contributed by atoms with van der Waals surface area (Å²) in [7, 11) is 0. The van der Waals surface area contributed by atoms with Crippen molar-refractivity contribution in [2.75, 3.05) is 5.75 Å². The number of hydrogen-bond acceptors (Lipinski definition) is 3. The van der Waals surface area contributed by atoms with Crippen molar-refractivity contribution in [3.63, 3.8) is 0 Å². The molecule has 1 atom stereocenters. The fourth-order valence-electron chi connectivity index (χ4n) is 4.22. The van der Waals surface area contributed by atoms with Crippen LogP contribution in [0.2, 0.25) is 10.0 Å². The van der Waals surface area contributed by atoms with Crippen LogP contribution in [-0.4, -0.2) is 34.6 Å². The summed E-state index contributed by atoms with van der Waals surface area (Å²) in [4.78, 5) is 28.2. The summed E-state index contributed by atoms with van der Waals surface area (Å²) in [5.74, 6) is 0.243. The minimum absolute atomic E-state index is 0.112. The van der Waals surface area contributed by atoms with Crippen molar-refractivity contribution in [3.05, 3.63) is 69.5 Å². The van der Waals surface area contributed by atoms with E-state index in [4.69, 9.17) is 23.2 Å². The number of thioether (sulfide) groups is 1. The average molecular weight is 526 g/mol. The van der Waals surface area contributed by atoms with E-state index in [1.807, 2.05) is 13.0 Å². The monoisotopic (exact) mass is 524 g/mol. The topological polar surface area (TPSA) is 49.4 Å². The number of hydrogen-bond donors (Lipinski definition) is 1. The third-order valence-electron chi connectivity index (χ3n) is 6.08. The highest BCUT2D eigenvalue weighted by Crippen LogP contribution is 2.25. The van der Waals surface area contributed by atoms with E-state index >= 15 is 0 Å². The van der Waals surface area contributed by atoms with Crippen molar-refractivity contribution in [1.82, 2.24) is 10.2 Å². The molecule has 0 bridgehead atoms. The molecule has 34 heavy (non-hydrogen) atoms. The minimum atomic E-state index is -0.579. The van der Waals surface area contributed by atoms with Gasteiger partial charge < -0.3 is 10.2 Å². The molecule has 1 aliphatic carbocycles. The van der Waals surface area contributed by atoms with Crippen molar-refractivity contribution in [2.45, 2.75) is 69.8 Å². The van der Waals surface area contributed by atoms with Crippen LogP contribution in [-0.2, 0) is 21.9 Å². The molecule has 0 heterocycles. The maximum absolute atomic E-state index is 13.4. The predicted molar refractivity (Wildman–Crippen MR) is 139 cm³/mol. The smallest absolute Gasteiger partial charge is 0.243 e. The van der Waals surface area contributed by atoms with Crippen molar-refractivity contribution in [1.29, 1.82) is 0 Å². The molecule has 4 nitrogen and oxygen atoms in total. The third kappa shape index (κ3) is 7.89. The first-order chi connectivity index (χ1) is 16.4. The Kier molecular flexibility index (Phi) is 10.5. The second kappa shape index (κ2) is 13.4. The number of amides is 2. The second-order valence-corrected chi connectivity index (χ2v) is 10.5. The molecule has 0 saturated heterocycles. The second-order valence-electron chi connectivity index (χ2n) is 8.66. The van der Waals surface area contributed by atoms with E-state index in [1.54, 1.807) is 29.2 Å². The Bertz CT molecular complexity index is 968. The highest BCUT2D eigenvalue weighted by Gasteiger charge is 2.30. The SMILES string of the molecule is CCC(C(=O)NC1CCCCC1)N(Cc1ccc(F)cc1)C(=O)CSCc1ccc(Cl)c(Cl)c1. The molecule has 2 aromatic carbocycles. The van der Waals surface area contributed by atoms with E-state index < -0.39 is 6.04 Å². The molecule has 1 aliphatic rings. The zero-order valence-corrected chi connectivity index (χ0v) is 21.7. The van der Waals surface area contributed by atoms with Gasteiger partial charge in [-0.1, -0.05) is 67.6 Å². The van der Waals surface area contributed by atoms with Gasteiger partial charge in [0.1, 0.15) is 11.9 Å². The maximum atomic E-state index is 13.4. The van der Waals surface area contributed by atoms with Crippen LogP contribution in [0.25, 0.3) is 0 Å². The molecule has 3 rings (SSSR count). The van der Waals surface area contributed by atoms with E-state index in [-0.39, 0.29) is 36.0 Å².